The summed E-state index contributed by atoms with van der Waals surface area (Å²) in [5.74, 6) is 0.995. The maximum Gasteiger partial charge on any atom is 0.344 e. The molecule has 7 nitrogen and oxygen atoms in total. The first kappa shape index (κ1) is 12.8. The average molecular weight is 254 g/mol. The predicted molar refractivity (Wildman–Crippen MR) is 61.9 cm³/mol. The van der Waals surface area contributed by atoms with E-state index in [9.17, 15) is 10.0 Å². The van der Waals surface area contributed by atoms with Gasteiger partial charge in [-0.05, 0) is 13.3 Å². The Labute approximate surface area is 105 Å². The molecule has 2 unspecified atom stereocenters. The van der Waals surface area contributed by atoms with Gasteiger partial charge in [0.25, 0.3) is 0 Å². The van der Waals surface area contributed by atoms with Crippen LogP contribution in [0.25, 0.3) is 0 Å². The van der Waals surface area contributed by atoms with Gasteiger partial charge in [-0.1, -0.05) is 13.8 Å². The largest absolute Gasteiger partial charge is 0.423 e. The average Bonchev–Trinajstić information content (AvgIpc) is 2.93. The van der Waals surface area contributed by atoms with E-state index in [0.717, 1.165) is 5.06 Å². The summed E-state index contributed by atoms with van der Waals surface area (Å²) >= 11 is 0. The Balaban J connectivity index is 2.21. The summed E-state index contributed by atoms with van der Waals surface area (Å²) in [4.78, 5) is 13.4. The zero-order valence-electron chi connectivity index (χ0n) is 10.8. The molecule has 0 spiro atoms. The van der Waals surface area contributed by atoms with E-state index < -0.39 is 6.03 Å². The van der Waals surface area contributed by atoms with Gasteiger partial charge in [-0.3, -0.25) is 5.21 Å². The number of carbonyl (C=O) groups excluding carboxylic acids is 1. The first-order chi connectivity index (χ1) is 8.58. The van der Waals surface area contributed by atoms with E-state index in [1.807, 2.05) is 13.8 Å². The molecule has 18 heavy (non-hydrogen) atoms. The lowest BCUT2D eigenvalue weighted by atomic mass is 10.2. The molecule has 0 saturated carbocycles. The molecule has 7 heteroatoms. The summed E-state index contributed by atoms with van der Waals surface area (Å²) in [6, 6.07) is -0.907. The number of amides is 2. The molecule has 0 radical (unpaired) electrons. The van der Waals surface area contributed by atoms with E-state index in [2.05, 4.69) is 10.2 Å². The van der Waals surface area contributed by atoms with Gasteiger partial charge in [0.2, 0.25) is 11.8 Å². The molecule has 2 amide bonds. The monoisotopic (exact) mass is 254 g/mol. The topological polar surface area (TPSA) is 82.7 Å². The number of hydrogen-bond acceptors (Lipinski definition) is 5. The van der Waals surface area contributed by atoms with Crippen molar-refractivity contribution in [3.8, 4) is 0 Å². The molecule has 1 saturated heterocycles. The van der Waals surface area contributed by atoms with Crippen molar-refractivity contribution in [3.05, 3.63) is 11.8 Å². The lowest BCUT2D eigenvalue weighted by molar-refractivity contribution is -0.0538. The molecule has 1 aliphatic rings. The van der Waals surface area contributed by atoms with Crippen LogP contribution in [0, 0.1) is 0 Å². The second-order valence-electron chi connectivity index (χ2n) is 4.44. The van der Waals surface area contributed by atoms with Crippen LogP contribution < -0.4 is 0 Å². The highest BCUT2D eigenvalue weighted by atomic mass is 16.5. The highest BCUT2D eigenvalue weighted by molar-refractivity contribution is 5.76. The van der Waals surface area contributed by atoms with Gasteiger partial charge in [-0.25, -0.2) is 9.86 Å². The Kier molecular flexibility index (Phi) is 3.51. The molecule has 1 aromatic rings. The molecular formula is C11H18N4O3. The number of rotatable bonds is 4. The Morgan fingerprint density at radius 3 is 2.67 bits per heavy atom. The van der Waals surface area contributed by atoms with Crippen LogP contribution in [-0.2, 0) is 6.42 Å². The SMILES string of the molecule is CCc1nnc(C(CC)N2CC(C)N(O)C2=O)o1. The number of hydroxylamine groups is 2. The second-order valence-corrected chi connectivity index (χ2v) is 4.44. The molecule has 1 fully saturated rings. The first-order valence-electron chi connectivity index (χ1n) is 6.19. The molecule has 2 rings (SSSR count). The van der Waals surface area contributed by atoms with Gasteiger partial charge in [0.15, 0.2) is 0 Å². The van der Waals surface area contributed by atoms with Crippen molar-refractivity contribution in [2.24, 2.45) is 0 Å². The summed E-state index contributed by atoms with van der Waals surface area (Å²) in [6.07, 6.45) is 1.33. The fourth-order valence-electron chi connectivity index (χ4n) is 2.09. The standard InChI is InChI=1S/C11H18N4O3/c1-4-8(10-13-12-9(5-2)18-10)14-6-7(3)15(17)11(14)16/h7-8,17H,4-6H2,1-3H3. The number of aryl methyl sites for hydroxylation is 1. The maximum atomic E-state index is 11.9. The summed E-state index contributed by atoms with van der Waals surface area (Å²) in [6.45, 7) is 6.11. The molecule has 0 aliphatic carbocycles. The van der Waals surface area contributed by atoms with E-state index >= 15 is 0 Å². The Hall–Kier alpha value is -1.63. The van der Waals surface area contributed by atoms with Gasteiger partial charge in [0.1, 0.15) is 6.04 Å². The van der Waals surface area contributed by atoms with Crippen LogP contribution in [0.2, 0.25) is 0 Å². The molecule has 1 aromatic heterocycles. The summed E-state index contributed by atoms with van der Waals surface area (Å²) in [5.41, 5.74) is 0. The molecule has 1 N–H and O–H groups in total. The number of nitrogens with zero attached hydrogens (tertiary/aromatic N) is 4. The quantitative estimate of drug-likeness (QED) is 0.825. The van der Waals surface area contributed by atoms with E-state index in [-0.39, 0.29) is 12.1 Å². The predicted octanol–water partition coefficient (Wildman–Crippen LogP) is 1.60. The van der Waals surface area contributed by atoms with Crippen LogP contribution >= 0.6 is 0 Å². The fourth-order valence-corrected chi connectivity index (χ4v) is 2.09. The second kappa shape index (κ2) is 4.93. The summed E-state index contributed by atoms with van der Waals surface area (Å²) in [5, 5.41) is 18.2. The van der Waals surface area contributed by atoms with Crippen molar-refractivity contribution in [1.82, 2.24) is 20.2 Å². The molecule has 1 aliphatic heterocycles. The summed E-state index contributed by atoms with van der Waals surface area (Å²) < 4.78 is 5.50. The van der Waals surface area contributed by atoms with Crippen molar-refractivity contribution < 1.29 is 14.4 Å². The van der Waals surface area contributed by atoms with Gasteiger partial charge in [-0.2, -0.15) is 0 Å². The molecule has 2 heterocycles. The lowest BCUT2D eigenvalue weighted by Crippen LogP contribution is -2.33. The zero-order chi connectivity index (χ0) is 13.3. The van der Waals surface area contributed by atoms with Crippen LogP contribution in [-0.4, -0.2) is 44.0 Å². The Bertz CT molecular complexity index is 434. The van der Waals surface area contributed by atoms with E-state index in [0.29, 0.717) is 31.2 Å². The van der Waals surface area contributed by atoms with Crippen molar-refractivity contribution in [1.29, 1.82) is 0 Å². The number of urea groups is 1. The van der Waals surface area contributed by atoms with Gasteiger partial charge in [0, 0.05) is 13.0 Å². The van der Waals surface area contributed by atoms with Crippen LogP contribution in [0.15, 0.2) is 4.42 Å². The maximum absolute atomic E-state index is 11.9. The van der Waals surface area contributed by atoms with E-state index in [4.69, 9.17) is 4.42 Å². The van der Waals surface area contributed by atoms with E-state index in [1.165, 1.54) is 0 Å². The van der Waals surface area contributed by atoms with Crippen LogP contribution in [0.3, 0.4) is 0 Å². The number of carbonyl (C=O) groups is 1. The minimum absolute atomic E-state index is 0.222. The van der Waals surface area contributed by atoms with Crippen molar-refractivity contribution in [2.75, 3.05) is 6.54 Å². The molecule has 0 aromatic carbocycles. The minimum atomic E-state index is -0.411. The summed E-state index contributed by atoms with van der Waals surface area (Å²) in [7, 11) is 0. The number of aromatic nitrogens is 2. The van der Waals surface area contributed by atoms with Crippen molar-refractivity contribution in [2.45, 2.75) is 45.7 Å². The van der Waals surface area contributed by atoms with Crippen molar-refractivity contribution in [3.63, 3.8) is 0 Å². The third kappa shape index (κ3) is 2.05. The smallest absolute Gasteiger partial charge is 0.344 e. The Morgan fingerprint density at radius 1 is 1.50 bits per heavy atom. The van der Waals surface area contributed by atoms with Gasteiger partial charge < -0.3 is 9.32 Å². The zero-order valence-corrected chi connectivity index (χ0v) is 10.8. The molecular weight excluding hydrogens is 236 g/mol. The molecule has 100 valence electrons. The van der Waals surface area contributed by atoms with Gasteiger partial charge >= 0.3 is 6.03 Å². The highest BCUT2D eigenvalue weighted by Crippen LogP contribution is 2.28. The van der Waals surface area contributed by atoms with Crippen LogP contribution in [0.1, 0.15) is 45.0 Å². The van der Waals surface area contributed by atoms with Gasteiger partial charge in [0.05, 0.1) is 6.04 Å². The van der Waals surface area contributed by atoms with Crippen LogP contribution in [0.4, 0.5) is 4.79 Å². The third-order valence-electron chi connectivity index (χ3n) is 3.15. The van der Waals surface area contributed by atoms with Gasteiger partial charge in [-0.15, -0.1) is 10.2 Å². The lowest BCUT2D eigenvalue weighted by Gasteiger charge is -2.22. The third-order valence-corrected chi connectivity index (χ3v) is 3.15. The first-order valence-corrected chi connectivity index (χ1v) is 6.19. The highest BCUT2D eigenvalue weighted by Gasteiger charge is 2.39. The minimum Gasteiger partial charge on any atom is -0.423 e. The number of hydrogen-bond donors (Lipinski definition) is 1. The van der Waals surface area contributed by atoms with Crippen LogP contribution in [0.5, 0.6) is 0 Å². The Morgan fingerprint density at radius 2 is 2.22 bits per heavy atom. The molecule has 2 atom stereocenters. The molecule has 0 bridgehead atoms. The van der Waals surface area contributed by atoms with Crippen molar-refractivity contribution >= 4 is 6.03 Å². The fraction of sp³-hybridized carbons (Fsp3) is 0.727. The normalized spacial score (nSPS) is 21.8. The van der Waals surface area contributed by atoms with E-state index in [1.54, 1.807) is 11.8 Å².